The number of nitrogens with two attached hydrogens (primary N) is 1. The number of likely N-dealkylation sites (N-methyl/N-ethyl adjacent to an activating group) is 1. The van der Waals surface area contributed by atoms with E-state index in [-0.39, 0.29) is 0 Å². The van der Waals surface area contributed by atoms with Crippen molar-refractivity contribution >= 4 is 0 Å². The maximum Gasteiger partial charge on any atom is 0.106 e. The molecule has 2 unspecified atom stereocenters. The third-order valence-electron chi connectivity index (χ3n) is 3.42. The van der Waals surface area contributed by atoms with Crippen molar-refractivity contribution in [2.24, 2.45) is 11.7 Å². The molecule has 2 heterocycles. The van der Waals surface area contributed by atoms with Gasteiger partial charge in [0.05, 0.1) is 0 Å². The molecule has 16 heavy (non-hydrogen) atoms. The zero-order valence-corrected chi connectivity index (χ0v) is 10.2. The summed E-state index contributed by atoms with van der Waals surface area (Å²) in [6.07, 6.45) is 4.20. The van der Waals surface area contributed by atoms with E-state index in [4.69, 9.17) is 5.73 Å². The SMILES string of the molecule is CC(CN)Cc1ncc(C2CCN(C)C2)[nH]1. The Bertz CT molecular complexity index is 334. The molecular weight excluding hydrogens is 200 g/mol. The van der Waals surface area contributed by atoms with Crippen LogP contribution in [0, 0.1) is 5.92 Å². The van der Waals surface area contributed by atoms with E-state index in [9.17, 15) is 0 Å². The van der Waals surface area contributed by atoms with Gasteiger partial charge in [-0.05, 0) is 32.5 Å². The van der Waals surface area contributed by atoms with Crippen LogP contribution in [-0.4, -0.2) is 41.5 Å². The van der Waals surface area contributed by atoms with Gasteiger partial charge in [-0.25, -0.2) is 4.98 Å². The first-order valence-corrected chi connectivity index (χ1v) is 6.11. The molecule has 1 aromatic rings. The average Bonchev–Trinajstić information content (AvgIpc) is 2.87. The van der Waals surface area contributed by atoms with Crippen LogP contribution >= 0.6 is 0 Å². The van der Waals surface area contributed by atoms with Gasteiger partial charge in [-0.3, -0.25) is 0 Å². The van der Waals surface area contributed by atoms with Crippen LogP contribution in [0.3, 0.4) is 0 Å². The minimum Gasteiger partial charge on any atom is -0.346 e. The molecule has 4 nitrogen and oxygen atoms in total. The number of hydrogen-bond acceptors (Lipinski definition) is 3. The van der Waals surface area contributed by atoms with Crippen molar-refractivity contribution < 1.29 is 0 Å². The van der Waals surface area contributed by atoms with Crippen LogP contribution in [0.4, 0.5) is 0 Å². The Kier molecular flexibility index (Phi) is 3.61. The Hall–Kier alpha value is -0.870. The number of nitrogens with zero attached hydrogens (tertiary/aromatic N) is 2. The number of hydrogen-bond donors (Lipinski definition) is 2. The zero-order valence-electron chi connectivity index (χ0n) is 10.2. The van der Waals surface area contributed by atoms with Crippen molar-refractivity contribution in [3.05, 3.63) is 17.7 Å². The highest BCUT2D eigenvalue weighted by atomic mass is 15.1. The first-order chi connectivity index (χ1) is 7.69. The Labute approximate surface area is 97.2 Å². The van der Waals surface area contributed by atoms with Crippen molar-refractivity contribution in [2.75, 3.05) is 26.7 Å². The Morgan fingerprint density at radius 1 is 1.69 bits per heavy atom. The summed E-state index contributed by atoms with van der Waals surface area (Å²) in [4.78, 5) is 10.3. The van der Waals surface area contributed by atoms with Crippen LogP contribution in [0.25, 0.3) is 0 Å². The quantitative estimate of drug-likeness (QED) is 0.798. The smallest absolute Gasteiger partial charge is 0.106 e. The van der Waals surface area contributed by atoms with E-state index in [1.807, 2.05) is 6.20 Å². The van der Waals surface area contributed by atoms with Gasteiger partial charge in [0, 0.05) is 30.8 Å². The third kappa shape index (κ3) is 2.62. The maximum absolute atomic E-state index is 5.62. The van der Waals surface area contributed by atoms with Crippen LogP contribution in [-0.2, 0) is 6.42 Å². The number of aromatic nitrogens is 2. The van der Waals surface area contributed by atoms with E-state index in [1.54, 1.807) is 0 Å². The Balaban J connectivity index is 1.97. The second-order valence-electron chi connectivity index (χ2n) is 5.08. The van der Waals surface area contributed by atoms with Crippen LogP contribution in [0.1, 0.15) is 30.8 Å². The van der Waals surface area contributed by atoms with Gasteiger partial charge >= 0.3 is 0 Å². The van der Waals surface area contributed by atoms with Crippen LogP contribution in [0.5, 0.6) is 0 Å². The van der Waals surface area contributed by atoms with Crippen molar-refractivity contribution in [3.63, 3.8) is 0 Å². The lowest BCUT2D eigenvalue weighted by atomic mass is 10.1. The molecule has 1 aliphatic rings. The second kappa shape index (κ2) is 4.97. The molecule has 0 bridgehead atoms. The lowest BCUT2D eigenvalue weighted by Gasteiger charge is -2.08. The first-order valence-electron chi connectivity index (χ1n) is 6.11. The molecule has 2 atom stereocenters. The van der Waals surface area contributed by atoms with E-state index in [1.165, 1.54) is 18.7 Å². The van der Waals surface area contributed by atoms with E-state index >= 15 is 0 Å². The summed E-state index contributed by atoms with van der Waals surface area (Å²) in [5, 5.41) is 0. The summed E-state index contributed by atoms with van der Waals surface area (Å²) < 4.78 is 0. The molecule has 1 saturated heterocycles. The largest absolute Gasteiger partial charge is 0.346 e. The highest BCUT2D eigenvalue weighted by Gasteiger charge is 2.22. The van der Waals surface area contributed by atoms with Crippen molar-refractivity contribution in [2.45, 2.75) is 25.7 Å². The fraction of sp³-hybridized carbons (Fsp3) is 0.750. The van der Waals surface area contributed by atoms with Gasteiger partial charge in [0.25, 0.3) is 0 Å². The number of nitrogens with one attached hydrogen (secondary N) is 1. The van der Waals surface area contributed by atoms with Crippen LogP contribution in [0.2, 0.25) is 0 Å². The first kappa shape index (κ1) is 11.6. The summed E-state index contributed by atoms with van der Waals surface area (Å²) in [6, 6.07) is 0. The molecule has 90 valence electrons. The second-order valence-corrected chi connectivity index (χ2v) is 5.08. The fourth-order valence-electron chi connectivity index (χ4n) is 2.29. The predicted octanol–water partition coefficient (Wildman–Crippen LogP) is 0.966. The van der Waals surface area contributed by atoms with Crippen molar-refractivity contribution in [1.29, 1.82) is 0 Å². The molecule has 0 radical (unpaired) electrons. The van der Waals surface area contributed by atoms with E-state index in [2.05, 4.69) is 28.8 Å². The van der Waals surface area contributed by atoms with E-state index in [0.29, 0.717) is 11.8 Å². The van der Waals surface area contributed by atoms with Gasteiger partial charge in [0.1, 0.15) is 5.82 Å². The molecule has 1 fully saturated rings. The summed E-state index contributed by atoms with van der Waals surface area (Å²) in [5.41, 5.74) is 6.91. The maximum atomic E-state index is 5.62. The number of H-pyrrole nitrogens is 1. The molecule has 4 heteroatoms. The minimum absolute atomic E-state index is 0.505. The van der Waals surface area contributed by atoms with Gasteiger partial charge in [0.15, 0.2) is 0 Å². The lowest BCUT2D eigenvalue weighted by Crippen LogP contribution is -2.14. The Morgan fingerprint density at radius 3 is 3.12 bits per heavy atom. The minimum atomic E-state index is 0.505. The molecule has 1 aromatic heterocycles. The van der Waals surface area contributed by atoms with Gasteiger partial charge in [-0.1, -0.05) is 6.92 Å². The summed E-state index contributed by atoms with van der Waals surface area (Å²) in [7, 11) is 2.17. The zero-order chi connectivity index (χ0) is 11.5. The normalized spacial score (nSPS) is 23.8. The lowest BCUT2D eigenvalue weighted by molar-refractivity contribution is 0.411. The van der Waals surface area contributed by atoms with Gasteiger partial charge < -0.3 is 15.6 Å². The molecule has 3 N–H and O–H groups in total. The molecule has 0 saturated carbocycles. The van der Waals surface area contributed by atoms with Crippen LogP contribution < -0.4 is 5.73 Å². The molecular formula is C12H22N4. The summed E-state index contributed by atoms with van der Waals surface area (Å²) in [5.74, 6) is 2.23. The Morgan fingerprint density at radius 2 is 2.50 bits per heavy atom. The highest BCUT2D eigenvalue weighted by molar-refractivity contribution is 5.10. The summed E-state index contributed by atoms with van der Waals surface area (Å²) in [6.45, 7) is 5.22. The third-order valence-corrected chi connectivity index (χ3v) is 3.42. The number of imidazole rings is 1. The summed E-state index contributed by atoms with van der Waals surface area (Å²) >= 11 is 0. The fourth-order valence-corrected chi connectivity index (χ4v) is 2.29. The molecule has 0 aromatic carbocycles. The molecule has 0 spiro atoms. The highest BCUT2D eigenvalue weighted by Crippen LogP contribution is 2.24. The molecule has 2 rings (SSSR count). The molecule has 1 aliphatic heterocycles. The van der Waals surface area contributed by atoms with Crippen molar-refractivity contribution in [1.82, 2.24) is 14.9 Å². The number of rotatable bonds is 4. The van der Waals surface area contributed by atoms with E-state index < -0.39 is 0 Å². The van der Waals surface area contributed by atoms with Crippen LogP contribution in [0.15, 0.2) is 6.20 Å². The molecule has 0 amide bonds. The van der Waals surface area contributed by atoms with Crippen molar-refractivity contribution in [3.8, 4) is 0 Å². The van der Waals surface area contributed by atoms with Gasteiger partial charge in [-0.15, -0.1) is 0 Å². The van der Waals surface area contributed by atoms with E-state index in [0.717, 1.165) is 25.3 Å². The molecule has 0 aliphatic carbocycles. The van der Waals surface area contributed by atoms with Gasteiger partial charge in [0.2, 0.25) is 0 Å². The average molecular weight is 222 g/mol. The standard InChI is InChI=1S/C12H22N4/c1-9(6-13)5-12-14-7-11(15-12)10-3-4-16(2)8-10/h7,9-10H,3-6,8,13H2,1-2H3,(H,14,15). The topological polar surface area (TPSA) is 57.9 Å². The monoisotopic (exact) mass is 222 g/mol. The van der Waals surface area contributed by atoms with Gasteiger partial charge in [-0.2, -0.15) is 0 Å². The number of aromatic amines is 1. The number of likely N-dealkylation sites (tertiary alicyclic amines) is 1. The predicted molar refractivity (Wildman–Crippen MR) is 65.4 cm³/mol.